The van der Waals surface area contributed by atoms with Crippen LogP contribution in [-0.4, -0.2) is 47.1 Å². The van der Waals surface area contributed by atoms with E-state index in [1.807, 2.05) is 0 Å². The van der Waals surface area contributed by atoms with Crippen LogP contribution in [0.15, 0.2) is 0 Å². The summed E-state index contributed by atoms with van der Waals surface area (Å²) in [5.41, 5.74) is 5.61. The Morgan fingerprint density at radius 1 is 1.69 bits per heavy atom. The van der Waals surface area contributed by atoms with E-state index in [0.717, 1.165) is 18.3 Å². The summed E-state index contributed by atoms with van der Waals surface area (Å²) in [5, 5.41) is 8.30. The molecule has 1 aromatic rings. The fourth-order valence-corrected chi connectivity index (χ4v) is 1.91. The van der Waals surface area contributed by atoms with Crippen LogP contribution in [0.25, 0.3) is 0 Å². The molecule has 2 N–H and O–H groups in total. The Balaban J connectivity index is 2.11. The molecule has 1 unspecified atom stereocenters. The van der Waals surface area contributed by atoms with Gasteiger partial charge in [-0.15, -0.1) is 0 Å². The topological polar surface area (TPSA) is 77.2 Å². The lowest BCUT2D eigenvalue weighted by atomic mass is 10.2. The van der Waals surface area contributed by atoms with E-state index >= 15 is 0 Å². The number of aromatic nitrogens is 3. The van der Waals surface area contributed by atoms with Gasteiger partial charge in [-0.05, 0) is 5.21 Å². The van der Waals surface area contributed by atoms with Gasteiger partial charge in [0.05, 0.1) is 19.3 Å². The summed E-state index contributed by atoms with van der Waals surface area (Å²) in [4.78, 5) is 2.11. The van der Waals surface area contributed by atoms with E-state index in [2.05, 4.69) is 19.7 Å². The lowest BCUT2D eigenvalue weighted by Gasteiger charge is -2.33. The zero-order valence-electron chi connectivity index (χ0n) is 7.09. The Labute approximate surface area is 79.8 Å². The molecule has 1 aliphatic heterocycles. The van der Waals surface area contributed by atoms with Crippen LogP contribution in [-0.2, 0) is 4.74 Å². The molecule has 2 heterocycles. The summed E-state index contributed by atoms with van der Waals surface area (Å²) < 4.78 is 9.04. The summed E-state index contributed by atoms with van der Waals surface area (Å²) in [7, 11) is 0. The molecule has 72 valence electrons. The van der Waals surface area contributed by atoms with E-state index in [9.17, 15) is 0 Å². The van der Waals surface area contributed by atoms with Crippen LogP contribution < -0.4 is 10.6 Å². The van der Waals surface area contributed by atoms with Crippen LogP contribution in [0.3, 0.4) is 0 Å². The van der Waals surface area contributed by atoms with Crippen molar-refractivity contribution in [2.75, 3.05) is 31.2 Å². The second-order valence-electron chi connectivity index (χ2n) is 2.80. The average Bonchev–Trinajstić information content (AvgIpc) is 2.70. The Morgan fingerprint density at radius 2 is 2.62 bits per heavy atom. The van der Waals surface area contributed by atoms with Crippen molar-refractivity contribution in [2.24, 2.45) is 5.73 Å². The van der Waals surface area contributed by atoms with Gasteiger partial charge in [0.2, 0.25) is 5.13 Å². The number of anilines is 1. The smallest absolute Gasteiger partial charge is 0.228 e. The summed E-state index contributed by atoms with van der Waals surface area (Å²) >= 11 is 1.29. The van der Waals surface area contributed by atoms with Crippen LogP contribution in [0.1, 0.15) is 0 Å². The first-order chi connectivity index (χ1) is 6.42. The van der Waals surface area contributed by atoms with Gasteiger partial charge in [0.25, 0.3) is 0 Å². The van der Waals surface area contributed by atoms with Crippen LogP contribution in [0.5, 0.6) is 0 Å². The standard InChI is InChI=1S/C6H11N5OS/c7-3-5-4-12-2-1-11(5)6-8-9-10-13-6/h5H,1-4,7H2. The molecular formula is C6H11N5OS. The molecule has 1 aliphatic rings. The van der Waals surface area contributed by atoms with Gasteiger partial charge < -0.3 is 15.4 Å². The molecule has 13 heavy (non-hydrogen) atoms. The number of morpholine rings is 1. The Hall–Kier alpha value is -0.790. The molecule has 1 fully saturated rings. The third-order valence-electron chi connectivity index (χ3n) is 2.03. The summed E-state index contributed by atoms with van der Waals surface area (Å²) in [6, 6.07) is 0.212. The molecule has 0 amide bonds. The maximum atomic E-state index is 5.61. The normalized spacial score (nSPS) is 23.5. The molecule has 0 radical (unpaired) electrons. The maximum Gasteiger partial charge on any atom is 0.228 e. The van der Waals surface area contributed by atoms with Gasteiger partial charge in [0.1, 0.15) is 0 Å². The van der Waals surface area contributed by atoms with E-state index in [4.69, 9.17) is 10.5 Å². The zero-order valence-corrected chi connectivity index (χ0v) is 7.90. The van der Waals surface area contributed by atoms with Gasteiger partial charge in [-0.3, -0.25) is 0 Å². The highest BCUT2D eigenvalue weighted by atomic mass is 32.1. The van der Waals surface area contributed by atoms with Gasteiger partial charge in [-0.2, -0.15) is 0 Å². The van der Waals surface area contributed by atoms with Crippen LogP contribution in [0.4, 0.5) is 5.13 Å². The van der Waals surface area contributed by atoms with Crippen molar-refractivity contribution in [1.29, 1.82) is 0 Å². The van der Waals surface area contributed by atoms with Crippen molar-refractivity contribution < 1.29 is 4.74 Å². The summed E-state index contributed by atoms with van der Waals surface area (Å²) in [6.45, 7) is 2.77. The van der Waals surface area contributed by atoms with E-state index in [1.54, 1.807) is 0 Å². The summed E-state index contributed by atoms with van der Waals surface area (Å²) in [5.74, 6) is 0. The second-order valence-corrected chi connectivity index (χ2v) is 3.51. The fraction of sp³-hybridized carbons (Fsp3) is 0.833. The third kappa shape index (κ3) is 1.77. The van der Waals surface area contributed by atoms with E-state index in [1.165, 1.54) is 11.5 Å². The minimum atomic E-state index is 0.212. The van der Waals surface area contributed by atoms with E-state index in [0.29, 0.717) is 13.2 Å². The number of rotatable bonds is 2. The zero-order chi connectivity index (χ0) is 9.10. The molecular weight excluding hydrogens is 190 g/mol. The first-order valence-electron chi connectivity index (χ1n) is 4.11. The highest BCUT2D eigenvalue weighted by Crippen LogP contribution is 2.18. The molecule has 7 heteroatoms. The monoisotopic (exact) mass is 201 g/mol. The first-order valence-corrected chi connectivity index (χ1v) is 4.88. The van der Waals surface area contributed by atoms with E-state index < -0.39 is 0 Å². The number of nitrogens with two attached hydrogens (primary N) is 1. The van der Waals surface area contributed by atoms with Gasteiger partial charge in [-0.1, -0.05) is 9.59 Å². The quantitative estimate of drug-likeness (QED) is 0.668. The van der Waals surface area contributed by atoms with Crippen molar-refractivity contribution in [3.8, 4) is 0 Å². The third-order valence-corrected chi connectivity index (χ3v) is 2.67. The predicted molar refractivity (Wildman–Crippen MR) is 48.7 cm³/mol. The number of hydrogen-bond donors (Lipinski definition) is 1. The van der Waals surface area contributed by atoms with Crippen LogP contribution in [0.2, 0.25) is 0 Å². The summed E-state index contributed by atoms with van der Waals surface area (Å²) in [6.07, 6.45) is 0. The predicted octanol–water partition coefficient (Wildman–Crippen LogP) is -0.903. The van der Waals surface area contributed by atoms with Crippen molar-refractivity contribution in [1.82, 2.24) is 14.8 Å². The minimum Gasteiger partial charge on any atom is -0.377 e. The molecule has 0 aliphatic carbocycles. The average molecular weight is 201 g/mol. The molecule has 0 aromatic carbocycles. The number of nitrogens with zero attached hydrogens (tertiary/aromatic N) is 4. The van der Waals surface area contributed by atoms with Crippen molar-refractivity contribution >= 4 is 16.7 Å². The molecule has 0 spiro atoms. The van der Waals surface area contributed by atoms with Gasteiger partial charge in [0.15, 0.2) is 0 Å². The fourth-order valence-electron chi connectivity index (χ4n) is 1.34. The van der Waals surface area contributed by atoms with E-state index in [-0.39, 0.29) is 6.04 Å². The SMILES string of the molecule is NCC1COCCN1c1nnns1. The molecule has 0 saturated carbocycles. The lowest BCUT2D eigenvalue weighted by molar-refractivity contribution is 0.0962. The largest absolute Gasteiger partial charge is 0.377 e. The molecule has 1 atom stereocenters. The van der Waals surface area contributed by atoms with Gasteiger partial charge in [-0.25, -0.2) is 0 Å². The highest BCUT2D eigenvalue weighted by molar-refractivity contribution is 7.09. The highest BCUT2D eigenvalue weighted by Gasteiger charge is 2.24. The van der Waals surface area contributed by atoms with Gasteiger partial charge in [0, 0.05) is 24.6 Å². The second kappa shape index (κ2) is 3.95. The molecule has 1 saturated heterocycles. The van der Waals surface area contributed by atoms with Crippen molar-refractivity contribution in [3.63, 3.8) is 0 Å². The Kier molecular flexibility index (Phi) is 2.67. The van der Waals surface area contributed by atoms with Crippen molar-refractivity contribution in [2.45, 2.75) is 6.04 Å². The molecule has 6 nitrogen and oxygen atoms in total. The maximum absolute atomic E-state index is 5.61. The Morgan fingerprint density at radius 3 is 3.31 bits per heavy atom. The Bertz CT molecular complexity index is 254. The number of ether oxygens (including phenoxy) is 1. The van der Waals surface area contributed by atoms with Gasteiger partial charge >= 0.3 is 0 Å². The first kappa shape index (κ1) is 8.79. The molecule has 0 bridgehead atoms. The molecule has 2 rings (SSSR count). The van der Waals surface area contributed by atoms with Crippen LogP contribution >= 0.6 is 11.5 Å². The number of hydrogen-bond acceptors (Lipinski definition) is 7. The van der Waals surface area contributed by atoms with Crippen molar-refractivity contribution in [3.05, 3.63) is 0 Å². The lowest BCUT2D eigenvalue weighted by Crippen LogP contribution is -2.49. The molecule has 1 aromatic heterocycles. The van der Waals surface area contributed by atoms with Crippen LogP contribution in [0, 0.1) is 0 Å². The minimum absolute atomic E-state index is 0.212.